The van der Waals surface area contributed by atoms with Crippen LogP contribution in [-0.4, -0.2) is 28.6 Å². The number of aryl methyl sites for hydroxylation is 1. The largest absolute Gasteiger partial charge is 0.466 e. The Labute approximate surface area is 126 Å². The van der Waals surface area contributed by atoms with Gasteiger partial charge in [-0.1, -0.05) is 13.8 Å². The predicted molar refractivity (Wildman–Crippen MR) is 82.1 cm³/mol. The first-order valence-electron chi connectivity index (χ1n) is 7.31. The average Bonchev–Trinajstić information content (AvgIpc) is 2.69. The van der Waals surface area contributed by atoms with Gasteiger partial charge < -0.3 is 14.6 Å². The van der Waals surface area contributed by atoms with Gasteiger partial charge in [-0.05, 0) is 32.8 Å². The molecule has 1 aromatic rings. The molecule has 0 aromatic carbocycles. The third-order valence-corrected chi connectivity index (χ3v) is 4.12. The van der Waals surface area contributed by atoms with Crippen LogP contribution >= 0.6 is 0 Å². The standard InChI is InChI=1S/C16H26N2O3/c1-7-21-14(19)10-16(5,11(2)3)17-15(20)13-8-9-18(6)12(13)4/h8-9,11H,7,10H2,1-6H3,(H,17,20). The average molecular weight is 294 g/mol. The highest BCUT2D eigenvalue weighted by Gasteiger charge is 2.34. The molecular weight excluding hydrogens is 268 g/mol. The van der Waals surface area contributed by atoms with E-state index in [0.29, 0.717) is 12.2 Å². The summed E-state index contributed by atoms with van der Waals surface area (Å²) in [6.07, 6.45) is 2.01. The van der Waals surface area contributed by atoms with Gasteiger partial charge in [0, 0.05) is 18.9 Å². The fourth-order valence-corrected chi connectivity index (χ4v) is 2.08. The minimum Gasteiger partial charge on any atom is -0.466 e. The van der Waals surface area contributed by atoms with E-state index in [4.69, 9.17) is 4.74 Å². The summed E-state index contributed by atoms with van der Waals surface area (Å²) in [7, 11) is 1.90. The van der Waals surface area contributed by atoms with E-state index >= 15 is 0 Å². The van der Waals surface area contributed by atoms with Gasteiger partial charge in [-0.2, -0.15) is 0 Å². The van der Waals surface area contributed by atoms with Crippen LogP contribution in [0.2, 0.25) is 0 Å². The molecule has 0 aliphatic heterocycles. The summed E-state index contributed by atoms with van der Waals surface area (Å²) in [4.78, 5) is 24.2. The van der Waals surface area contributed by atoms with Gasteiger partial charge in [0.25, 0.3) is 5.91 Å². The van der Waals surface area contributed by atoms with Crippen LogP contribution in [0, 0.1) is 12.8 Å². The summed E-state index contributed by atoms with van der Waals surface area (Å²) in [5.74, 6) is -0.345. The molecule has 1 heterocycles. The number of nitrogens with one attached hydrogen (secondary N) is 1. The molecule has 21 heavy (non-hydrogen) atoms. The number of carbonyl (C=O) groups is 2. The molecule has 0 bridgehead atoms. The quantitative estimate of drug-likeness (QED) is 0.820. The number of nitrogens with zero attached hydrogens (tertiary/aromatic N) is 1. The SMILES string of the molecule is CCOC(=O)CC(C)(NC(=O)c1ccn(C)c1C)C(C)C. The Bertz CT molecular complexity index is 520. The molecule has 0 aliphatic rings. The van der Waals surface area contributed by atoms with Crippen LogP contribution in [0.1, 0.15) is 50.2 Å². The van der Waals surface area contributed by atoms with Gasteiger partial charge in [0.2, 0.25) is 0 Å². The number of hydrogen-bond acceptors (Lipinski definition) is 3. The zero-order chi connectivity index (χ0) is 16.2. The first kappa shape index (κ1) is 17.3. The highest BCUT2D eigenvalue weighted by molar-refractivity contribution is 5.96. The van der Waals surface area contributed by atoms with Gasteiger partial charge in [0.05, 0.1) is 24.1 Å². The lowest BCUT2D eigenvalue weighted by Crippen LogP contribution is -2.51. The smallest absolute Gasteiger partial charge is 0.308 e. The molecule has 1 rings (SSSR count). The topological polar surface area (TPSA) is 60.3 Å². The fraction of sp³-hybridized carbons (Fsp3) is 0.625. The van der Waals surface area contributed by atoms with Gasteiger partial charge in [0.1, 0.15) is 0 Å². The van der Waals surface area contributed by atoms with Crippen LogP contribution in [0.3, 0.4) is 0 Å². The van der Waals surface area contributed by atoms with E-state index in [1.807, 2.05) is 45.5 Å². The van der Waals surface area contributed by atoms with Gasteiger partial charge in [-0.3, -0.25) is 9.59 Å². The molecule has 118 valence electrons. The van der Waals surface area contributed by atoms with E-state index in [0.717, 1.165) is 5.69 Å². The molecular formula is C16H26N2O3. The molecule has 5 heteroatoms. The van der Waals surface area contributed by atoms with Crippen molar-refractivity contribution in [2.75, 3.05) is 6.61 Å². The number of rotatable bonds is 6. The monoisotopic (exact) mass is 294 g/mol. The highest BCUT2D eigenvalue weighted by atomic mass is 16.5. The minimum atomic E-state index is -0.633. The number of ether oxygens (including phenoxy) is 1. The summed E-state index contributed by atoms with van der Waals surface area (Å²) < 4.78 is 6.90. The Kier molecular flexibility index (Phi) is 5.58. The molecule has 0 saturated carbocycles. The molecule has 0 fully saturated rings. The fourth-order valence-electron chi connectivity index (χ4n) is 2.08. The maximum absolute atomic E-state index is 12.5. The first-order valence-corrected chi connectivity index (χ1v) is 7.31. The van der Waals surface area contributed by atoms with E-state index in [1.165, 1.54) is 0 Å². The van der Waals surface area contributed by atoms with Crippen molar-refractivity contribution >= 4 is 11.9 Å². The highest BCUT2D eigenvalue weighted by Crippen LogP contribution is 2.23. The molecule has 1 N–H and O–H groups in total. The Morgan fingerprint density at radius 1 is 1.43 bits per heavy atom. The summed E-state index contributed by atoms with van der Waals surface area (Å²) in [6.45, 7) is 9.86. The number of esters is 1. The molecule has 0 aliphatic carbocycles. The number of carbonyl (C=O) groups excluding carboxylic acids is 2. The lowest BCUT2D eigenvalue weighted by Gasteiger charge is -2.34. The van der Waals surface area contributed by atoms with Crippen molar-refractivity contribution in [3.8, 4) is 0 Å². The van der Waals surface area contributed by atoms with Gasteiger partial charge in [0.15, 0.2) is 0 Å². The van der Waals surface area contributed by atoms with E-state index in [-0.39, 0.29) is 24.2 Å². The lowest BCUT2D eigenvalue weighted by atomic mass is 9.85. The maximum atomic E-state index is 12.5. The summed E-state index contributed by atoms with van der Waals surface area (Å²) in [5.41, 5.74) is 0.897. The third-order valence-electron chi connectivity index (χ3n) is 4.12. The lowest BCUT2D eigenvalue weighted by molar-refractivity contribution is -0.145. The zero-order valence-corrected chi connectivity index (χ0v) is 13.8. The van der Waals surface area contributed by atoms with Crippen molar-refractivity contribution in [2.24, 2.45) is 13.0 Å². The van der Waals surface area contributed by atoms with Crippen LogP contribution in [0.5, 0.6) is 0 Å². The molecule has 0 saturated heterocycles. The second-order valence-electron chi connectivity index (χ2n) is 5.93. The summed E-state index contributed by atoms with van der Waals surface area (Å²) in [6, 6.07) is 1.79. The Morgan fingerprint density at radius 3 is 2.48 bits per heavy atom. The Hall–Kier alpha value is -1.78. The van der Waals surface area contributed by atoms with E-state index in [9.17, 15) is 9.59 Å². The van der Waals surface area contributed by atoms with Crippen LogP contribution in [0.4, 0.5) is 0 Å². The van der Waals surface area contributed by atoms with E-state index < -0.39 is 5.54 Å². The Balaban J connectivity index is 2.90. The normalized spacial score (nSPS) is 13.9. The van der Waals surface area contributed by atoms with Crippen molar-refractivity contribution in [3.05, 3.63) is 23.5 Å². The van der Waals surface area contributed by atoms with Crippen molar-refractivity contribution in [1.29, 1.82) is 0 Å². The Morgan fingerprint density at radius 2 is 2.05 bits per heavy atom. The molecule has 0 spiro atoms. The zero-order valence-electron chi connectivity index (χ0n) is 13.8. The van der Waals surface area contributed by atoms with Crippen LogP contribution in [-0.2, 0) is 16.6 Å². The van der Waals surface area contributed by atoms with Crippen LogP contribution in [0.25, 0.3) is 0 Å². The molecule has 5 nitrogen and oxygen atoms in total. The molecule has 1 unspecified atom stereocenters. The molecule has 1 atom stereocenters. The van der Waals surface area contributed by atoms with Gasteiger partial charge in [-0.15, -0.1) is 0 Å². The van der Waals surface area contributed by atoms with E-state index in [1.54, 1.807) is 13.0 Å². The van der Waals surface area contributed by atoms with E-state index in [2.05, 4.69) is 5.32 Å². The third kappa shape index (κ3) is 4.09. The summed E-state index contributed by atoms with van der Waals surface area (Å²) >= 11 is 0. The van der Waals surface area contributed by atoms with Crippen molar-refractivity contribution in [1.82, 2.24) is 9.88 Å². The van der Waals surface area contributed by atoms with Crippen molar-refractivity contribution in [3.63, 3.8) is 0 Å². The molecule has 1 amide bonds. The number of amides is 1. The summed E-state index contributed by atoms with van der Waals surface area (Å²) in [5, 5.41) is 3.00. The van der Waals surface area contributed by atoms with Crippen LogP contribution in [0.15, 0.2) is 12.3 Å². The first-order chi connectivity index (χ1) is 9.71. The second kappa shape index (κ2) is 6.78. The van der Waals surface area contributed by atoms with Crippen molar-refractivity contribution in [2.45, 2.75) is 46.6 Å². The number of aromatic nitrogens is 1. The molecule has 0 radical (unpaired) electrons. The molecule has 1 aromatic heterocycles. The van der Waals surface area contributed by atoms with Gasteiger partial charge >= 0.3 is 5.97 Å². The maximum Gasteiger partial charge on any atom is 0.308 e. The van der Waals surface area contributed by atoms with Gasteiger partial charge in [-0.25, -0.2) is 0 Å². The second-order valence-corrected chi connectivity index (χ2v) is 5.93. The van der Waals surface area contributed by atoms with Crippen molar-refractivity contribution < 1.29 is 14.3 Å². The van der Waals surface area contributed by atoms with Crippen LogP contribution < -0.4 is 5.32 Å². The number of hydrogen-bond donors (Lipinski definition) is 1. The predicted octanol–water partition coefficient (Wildman–Crippen LogP) is 2.43. The minimum absolute atomic E-state index is 0.106.